The van der Waals surface area contributed by atoms with Gasteiger partial charge in [0.1, 0.15) is 5.52 Å². The van der Waals surface area contributed by atoms with Gasteiger partial charge in [0.2, 0.25) is 0 Å². The van der Waals surface area contributed by atoms with Crippen molar-refractivity contribution in [3.05, 3.63) is 65.4 Å². The van der Waals surface area contributed by atoms with E-state index in [4.69, 9.17) is 4.98 Å². The predicted molar refractivity (Wildman–Crippen MR) is 157 cm³/mol. The van der Waals surface area contributed by atoms with E-state index in [9.17, 15) is 0 Å². The van der Waals surface area contributed by atoms with Crippen LogP contribution in [0.5, 0.6) is 0 Å². The van der Waals surface area contributed by atoms with Crippen molar-refractivity contribution in [1.82, 2.24) is 9.38 Å². The van der Waals surface area contributed by atoms with Gasteiger partial charge in [-0.1, -0.05) is 77.4 Å². The Hall–Kier alpha value is -2.51. The third kappa shape index (κ3) is 3.66. The van der Waals surface area contributed by atoms with Crippen LogP contribution in [0.25, 0.3) is 38.5 Å². The zero-order valence-corrected chi connectivity index (χ0v) is 25.1. The number of benzene rings is 2. The Morgan fingerprint density at radius 2 is 1.46 bits per heavy atom. The standard InChI is InChI=1S/C30H40N3Si2/c1-19(2)22-18-20(3)26-28(31-22)27-21(30(34(5,6)7)35(8,9)10)14-13-17-25(27)33-24-16-12-11-15-23(24)32(4)29(26)33/h11-19,30H,1-10H3/q+1. The molecule has 0 fully saturated rings. The van der Waals surface area contributed by atoms with Crippen LogP contribution in [0.15, 0.2) is 48.5 Å². The van der Waals surface area contributed by atoms with Gasteiger partial charge >= 0.3 is 0 Å². The quantitative estimate of drug-likeness (QED) is 0.140. The van der Waals surface area contributed by atoms with Gasteiger partial charge in [0.15, 0.2) is 11.0 Å². The van der Waals surface area contributed by atoms with Gasteiger partial charge in [0.25, 0.3) is 5.65 Å². The van der Waals surface area contributed by atoms with E-state index in [1.807, 2.05) is 0 Å². The normalized spacial score (nSPS) is 13.4. The minimum Gasteiger partial charge on any atom is -0.251 e. The Balaban J connectivity index is 2.14. The van der Waals surface area contributed by atoms with E-state index in [1.165, 1.54) is 55.3 Å². The van der Waals surface area contributed by atoms with Crippen LogP contribution < -0.4 is 4.57 Å². The van der Waals surface area contributed by atoms with Gasteiger partial charge in [-0.25, -0.2) is 4.57 Å². The van der Waals surface area contributed by atoms with E-state index in [1.54, 1.807) is 0 Å². The summed E-state index contributed by atoms with van der Waals surface area (Å²) in [5.41, 5.74) is 10.3. The fraction of sp³-hybridized carbons (Fsp3) is 0.400. The van der Waals surface area contributed by atoms with Crippen molar-refractivity contribution in [2.24, 2.45) is 7.05 Å². The molecule has 0 radical (unpaired) electrons. The van der Waals surface area contributed by atoms with Crippen molar-refractivity contribution in [2.75, 3.05) is 0 Å². The molecule has 0 aliphatic heterocycles. The first-order valence-corrected chi connectivity index (χ1v) is 20.1. The zero-order valence-electron chi connectivity index (χ0n) is 23.1. The van der Waals surface area contributed by atoms with Crippen LogP contribution in [0.4, 0.5) is 0 Å². The highest BCUT2D eigenvalue weighted by Gasteiger charge is 2.40. The number of fused-ring (bicyclic) bond motifs is 8. The lowest BCUT2D eigenvalue weighted by molar-refractivity contribution is -0.617. The van der Waals surface area contributed by atoms with Crippen LogP contribution in [-0.2, 0) is 7.05 Å². The molecule has 35 heavy (non-hydrogen) atoms. The van der Waals surface area contributed by atoms with Crippen LogP contribution in [0.1, 0.15) is 41.8 Å². The summed E-state index contributed by atoms with van der Waals surface area (Å²) in [6.45, 7) is 22.1. The van der Waals surface area contributed by atoms with Crippen molar-refractivity contribution in [3.63, 3.8) is 0 Å². The Morgan fingerprint density at radius 3 is 2.09 bits per heavy atom. The summed E-state index contributed by atoms with van der Waals surface area (Å²) in [6, 6.07) is 18.2. The number of aromatic nitrogens is 3. The van der Waals surface area contributed by atoms with Gasteiger partial charge in [-0.3, -0.25) is 4.98 Å². The maximum atomic E-state index is 5.44. The average Bonchev–Trinajstić information content (AvgIpc) is 3.04. The van der Waals surface area contributed by atoms with E-state index < -0.39 is 16.1 Å². The second kappa shape index (κ2) is 8.00. The van der Waals surface area contributed by atoms with Gasteiger partial charge in [-0.2, -0.15) is 4.40 Å². The van der Waals surface area contributed by atoms with Crippen LogP contribution in [-0.4, -0.2) is 25.5 Å². The molecule has 0 N–H and O–H groups in total. The molecule has 0 spiro atoms. The van der Waals surface area contributed by atoms with E-state index in [0.717, 1.165) is 0 Å². The maximum Gasteiger partial charge on any atom is 0.297 e. The first kappa shape index (κ1) is 24.2. The predicted octanol–water partition coefficient (Wildman–Crippen LogP) is 7.89. The molecule has 0 amide bonds. The molecular formula is C30H40N3Si2+. The number of aryl methyl sites for hydroxylation is 2. The van der Waals surface area contributed by atoms with Crippen molar-refractivity contribution in [1.29, 1.82) is 0 Å². The summed E-state index contributed by atoms with van der Waals surface area (Å²) in [5, 5.41) is 3.30. The largest absolute Gasteiger partial charge is 0.297 e. The molecule has 5 rings (SSSR count). The highest BCUT2D eigenvalue weighted by Crippen LogP contribution is 2.42. The molecule has 0 aliphatic rings. The van der Waals surface area contributed by atoms with Crippen LogP contribution in [0.2, 0.25) is 39.3 Å². The lowest BCUT2D eigenvalue weighted by Crippen LogP contribution is -2.46. The van der Waals surface area contributed by atoms with Crippen LogP contribution >= 0.6 is 0 Å². The Bertz CT molecular complexity index is 1600. The van der Waals surface area contributed by atoms with E-state index >= 15 is 0 Å². The molecule has 0 atom stereocenters. The fourth-order valence-corrected chi connectivity index (χ4v) is 19.5. The van der Waals surface area contributed by atoms with E-state index in [-0.39, 0.29) is 0 Å². The number of hydrogen-bond donors (Lipinski definition) is 0. The Labute approximate surface area is 211 Å². The molecule has 0 saturated heterocycles. The first-order valence-electron chi connectivity index (χ1n) is 13.0. The molecule has 0 bridgehead atoms. The van der Waals surface area contributed by atoms with Crippen molar-refractivity contribution >= 4 is 54.6 Å². The second-order valence-electron chi connectivity index (χ2n) is 12.9. The third-order valence-corrected chi connectivity index (χ3v) is 16.9. The highest BCUT2D eigenvalue weighted by molar-refractivity contribution is 6.96. The average molecular weight is 499 g/mol. The molecule has 3 heterocycles. The SMILES string of the molecule is Cc1cc(C(C)C)nc2c3c(C([Si](C)(C)C)[Si](C)(C)C)cccc3n3c4ccccc4[n+](C)c3c12. The summed E-state index contributed by atoms with van der Waals surface area (Å²) in [7, 11) is -0.822. The van der Waals surface area contributed by atoms with Crippen LogP contribution in [0.3, 0.4) is 0 Å². The summed E-state index contributed by atoms with van der Waals surface area (Å²) in [6.07, 6.45) is 0. The Kier molecular flexibility index (Phi) is 5.53. The number of imidazole rings is 1. The second-order valence-corrected chi connectivity index (χ2v) is 24.1. The first-order chi connectivity index (χ1) is 16.3. The maximum absolute atomic E-state index is 5.44. The Morgan fingerprint density at radius 1 is 0.829 bits per heavy atom. The van der Waals surface area contributed by atoms with Crippen LogP contribution in [0, 0.1) is 6.92 Å². The molecule has 5 aromatic rings. The van der Waals surface area contributed by atoms with Crippen molar-refractivity contribution in [3.8, 4) is 0 Å². The number of nitrogens with zero attached hydrogens (tertiary/aromatic N) is 3. The topological polar surface area (TPSA) is 21.2 Å². The van der Waals surface area contributed by atoms with E-state index in [0.29, 0.717) is 11.1 Å². The molecule has 182 valence electrons. The smallest absolute Gasteiger partial charge is 0.251 e. The summed E-state index contributed by atoms with van der Waals surface area (Å²) in [5.74, 6) is 0.390. The summed E-state index contributed by atoms with van der Waals surface area (Å²) < 4.78 is 4.87. The highest BCUT2D eigenvalue weighted by atomic mass is 28.4. The summed E-state index contributed by atoms with van der Waals surface area (Å²) in [4.78, 5) is 5.44. The fourth-order valence-electron chi connectivity index (χ4n) is 6.77. The number of pyridine rings is 2. The third-order valence-electron chi connectivity index (χ3n) is 7.66. The van der Waals surface area contributed by atoms with Gasteiger partial charge in [-0.15, -0.1) is 0 Å². The van der Waals surface area contributed by atoms with Crippen molar-refractivity contribution in [2.45, 2.75) is 71.1 Å². The van der Waals surface area contributed by atoms with Gasteiger partial charge in [0.05, 0.1) is 23.3 Å². The minimum atomic E-state index is -1.51. The molecule has 2 aromatic carbocycles. The van der Waals surface area contributed by atoms with Gasteiger partial charge in [-0.05, 0) is 53.4 Å². The number of para-hydroxylation sites is 2. The zero-order chi connectivity index (χ0) is 25.4. The molecule has 5 heteroatoms. The lowest BCUT2D eigenvalue weighted by atomic mass is 10.00. The van der Waals surface area contributed by atoms with E-state index in [2.05, 4.69) is 125 Å². The van der Waals surface area contributed by atoms with Gasteiger partial charge in [0, 0.05) is 21.8 Å². The van der Waals surface area contributed by atoms with Gasteiger partial charge < -0.3 is 0 Å². The number of rotatable bonds is 4. The monoisotopic (exact) mass is 498 g/mol. The summed E-state index contributed by atoms with van der Waals surface area (Å²) >= 11 is 0. The molecule has 3 aromatic heterocycles. The van der Waals surface area contributed by atoms with Crippen molar-refractivity contribution < 1.29 is 4.57 Å². The molecule has 0 saturated carbocycles. The minimum absolute atomic E-state index is 0.390. The molecule has 3 nitrogen and oxygen atoms in total. The number of hydrogen-bond acceptors (Lipinski definition) is 1. The molecule has 0 unspecified atom stereocenters. The lowest BCUT2D eigenvalue weighted by Gasteiger charge is -2.39. The molecular weight excluding hydrogens is 459 g/mol. The molecule has 0 aliphatic carbocycles.